The van der Waals surface area contributed by atoms with Crippen molar-refractivity contribution in [3.05, 3.63) is 21.9 Å². The molecule has 2 heterocycles. The molecule has 0 amide bonds. The molecule has 1 aliphatic heterocycles. The van der Waals surface area contributed by atoms with Crippen molar-refractivity contribution < 1.29 is 0 Å². The molecule has 3 atom stereocenters. The summed E-state index contributed by atoms with van der Waals surface area (Å²) < 4.78 is 0. The van der Waals surface area contributed by atoms with Crippen LogP contribution in [0.2, 0.25) is 0 Å². The minimum atomic E-state index is 0.472. The van der Waals surface area contributed by atoms with Gasteiger partial charge in [-0.15, -0.1) is 11.3 Å². The molecule has 0 bridgehead atoms. The lowest BCUT2D eigenvalue weighted by atomic mass is 9.98. The van der Waals surface area contributed by atoms with Crippen molar-refractivity contribution in [3.63, 3.8) is 0 Å². The van der Waals surface area contributed by atoms with Gasteiger partial charge in [0, 0.05) is 35.4 Å². The summed E-state index contributed by atoms with van der Waals surface area (Å²) in [5, 5.41) is 0. The second kappa shape index (κ2) is 4.13. The summed E-state index contributed by atoms with van der Waals surface area (Å²) in [5.41, 5.74) is 6.16. The van der Waals surface area contributed by atoms with Crippen molar-refractivity contribution in [1.29, 1.82) is 0 Å². The van der Waals surface area contributed by atoms with Gasteiger partial charge in [0.25, 0.3) is 0 Å². The molecule has 1 aliphatic carbocycles. The van der Waals surface area contributed by atoms with Gasteiger partial charge in [0.05, 0.1) is 0 Å². The van der Waals surface area contributed by atoms with E-state index in [1.165, 1.54) is 35.7 Å². The fourth-order valence-electron chi connectivity index (χ4n) is 3.32. The summed E-state index contributed by atoms with van der Waals surface area (Å²) in [6, 6.07) is 4.97. The second-order valence-corrected chi connectivity index (χ2v) is 6.74. The third-order valence-electron chi connectivity index (χ3n) is 4.16. The van der Waals surface area contributed by atoms with Crippen LogP contribution < -0.4 is 5.73 Å². The highest BCUT2D eigenvalue weighted by Crippen LogP contribution is 2.37. The van der Waals surface area contributed by atoms with Gasteiger partial charge in [-0.25, -0.2) is 0 Å². The largest absolute Gasteiger partial charge is 0.327 e. The minimum Gasteiger partial charge on any atom is -0.327 e. The summed E-state index contributed by atoms with van der Waals surface area (Å²) in [6.07, 6.45) is 2.60. The van der Waals surface area contributed by atoms with Crippen molar-refractivity contribution in [1.82, 2.24) is 4.90 Å². The standard InChI is InChI=1S/C13H20N2S/c1-9-2-4-11(16-9)7-15-6-10-3-5-13(14)12(10)8-15/h2,4,10,12-13H,3,5-8,14H2,1H3. The first-order chi connectivity index (χ1) is 7.72. The molecule has 1 aromatic rings. The number of rotatable bonds is 2. The van der Waals surface area contributed by atoms with Crippen LogP contribution in [0.15, 0.2) is 12.1 Å². The van der Waals surface area contributed by atoms with Gasteiger partial charge in [0.1, 0.15) is 0 Å². The van der Waals surface area contributed by atoms with Crippen LogP contribution in [0, 0.1) is 18.8 Å². The SMILES string of the molecule is Cc1ccc(CN2CC3CCC(N)C3C2)s1. The third kappa shape index (κ3) is 1.92. The Morgan fingerprint density at radius 2 is 2.25 bits per heavy atom. The maximum Gasteiger partial charge on any atom is 0.0328 e. The zero-order chi connectivity index (χ0) is 11.1. The van der Waals surface area contributed by atoms with Gasteiger partial charge in [0.15, 0.2) is 0 Å². The number of likely N-dealkylation sites (tertiary alicyclic amines) is 1. The van der Waals surface area contributed by atoms with E-state index in [0.29, 0.717) is 6.04 Å². The van der Waals surface area contributed by atoms with E-state index in [9.17, 15) is 0 Å². The molecular formula is C13H20N2S. The molecule has 2 aliphatic rings. The molecule has 88 valence electrons. The Hall–Kier alpha value is -0.380. The van der Waals surface area contributed by atoms with Crippen molar-refractivity contribution in [2.75, 3.05) is 13.1 Å². The van der Waals surface area contributed by atoms with E-state index >= 15 is 0 Å². The molecule has 1 aromatic heterocycles. The Balaban J connectivity index is 1.62. The van der Waals surface area contributed by atoms with E-state index in [0.717, 1.165) is 18.4 Å². The van der Waals surface area contributed by atoms with Crippen LogP contribution in [0.25, 0.3) is 0 Å². The monoisotopic (exact) mass is 236 g/mol. The Morgan fingerprint density at radius 1 is 1.38 bits per heavy atom. The smallest absolute Gasteiger partial charge is 0.0328 e. The molecule has 2 N–H and O–H groups in total. The lowest BCUT2D eigenvalue weighted by Crippen LogP contribution is -2.30. The van der Waals surface area contributed by atoms with E-state index in [1.54, 1.807) is 0 Å². The molecule has 0 aromatic carbocycles. The first-order valence-corrected chi connectivity index (χ1v) is 7.07. The van der Waals surface area contributed by atoms with Gasteiger partial charge in [0.2, 0.25) is 0 Å². The Labute approximate surface area is 101 Å². The van der Waals surface area contributed by atoms with E-state index < -0.39 is 0 Å². The molecule has 0 spiro atoms. The van der Waals surface area contributed by atoms with Crippen LogP contribution >= 0.6 is 11.3 Å². The number of aryl methyl sites for hydroxylation is 1. The molecule has 0 radical (unpaired) electrons. The van der Waals surface area contributed by atoms with Gasteiger partial charge in [-0.1, -0.05) is 0 Å². The highest BCUT2D eigenvalue weighted by atomic mass is 32.1. The van der Waals surface area contributed by atoms with Crippen LogP contribution in [-0.2, 0) is 6.54 Å². The molecule has 1 saturated heterocycles. The van der Waals surface area contributed by atoms with Crippen molar-refractivity contribution >= 4 is 11.3 Å². The number of fused-ring (bicyclic) bond motifs is 1. The van der Waals surface area contributed by atoms with E-state index in [2.05, 4.69) is 24.0 Å². The fraction of sp³-hybridized carbons (Fsp3) is 0.692. The van der Waals surface area contributed by atoms with Gasteiger partial charge in [-0.2, -0.15) is 0 Å². The number of thiophene rings is 1. The summed E-state index contributed by atoms with van der Waals surface area (Å²) in [5.74, 6) is 1.66. The molecule has 2 fully saturated rings. The maximum atomic E-state index is 6.16. The van der Waals surface area contributed by atoms with Crippen LogP contribution in [-0.4, -0.2) is 24.0 Å². The lowest BCUT2D eigenvalue weighted by Gasteiger charge is -2.17. The quantitative estimate of drug-likeness (QED) is 0.853. The Morgan fingerprint density at radius 3 is 2.94 bits per heavy atom. The van der Waals surface area contributed by atoms with Crippen LogP contribution in [0.5, 0.6) is 0 Å². The van der Waals surface area contributed by atoms with Gasteiger partial charge >= 0.3 is 0 Å². The molecule has 1 saturated carbocycles. The average Bonchev–Trinajstić information content (AvgIpc) is 2.88. The topological polar surface area (TPSA) is 29.3 Å². The molecule has 3 rings (SSSR count). The normalized spacial score (nSPS) is 34.5. The fourth-order valence-corrected chi connectivity index (χ4v) is 4.25. The van der Waals surface area contributed by atoms with E-state index in [-0.39, 0.29) is 0 Å². The van der Waals surface area contributed by atoms with E-state index in [4.69, 9.17) is 5.73 Å². The molecular weight excluding hydrogens is 216 g/mol. The van der Waals surface area contributed by atoms with Crippen LogP contribution in [0.1, 0.15) is 22.6 Å². The van der Waals surface area contributed by atoms with Crippen LogP contribution in [0.3, 0.4) is 0 Å². The average molecular weight is 236 g/mol. The third-order valence-corrected chi connectivity index (χ3v) is 5.15. The van der Waals surface area contributed by atoms with Crippen LogP contribution in [0.4, 0.5) is 0 Å². The Kier molecular flexibility index (Phi) is 2.78. The summed E-state index contributed by atoms with van der Waals surface area (Å²) in [6.45, 7) is 5.82. The highest BCUT2D eigenvalue weighted by Gasteiger charge is 2.40. The van der Waals surface area contributed by atoms with Gasteiger partial charge in [-0.3, -0.25) is 4.90 Å². The van der Waals surface area contributed by atoms with Crippen molar-refractivity contribution in [3.8, 4) is 0 Å². The maximum absolute atomic E-state index is 6.16. The minimum absolute atomic E-state index is 0.472. The summed E-state index contributed by atoms with van der Waals surface area (Å²) in [7, 11) is 0. The summed E-state index contributed by atoms with van der Waals surface area (Å²) in [4.78, 5) is 5.52. The lowest BCUT2D eigenvalue weighted by molar-refractivity contribution is 0.301. The van der Waals surface area contributed by atoms with Gasteiger partial charge < -0.3 is 5.73 Å². The Bertz CT molecular complexity index is 374. The van der Waals surface area contributed by atoms with Crippen molar-refractivity contribution in [2.24, 2.45) is 17.6 Å². The zero-order valence-corrected chi connectivity index (χ0v) is 10.7. The van der Waals surface area contributed by atoms with Crippen molar-refractivity contribution in [2.45, 2.75) is 32.4 Å². The molecule has 16 heavy (non-hydrogen) atoms. The van der Waals surface area contributed by atoms with Gasteiger partial charge in [-0.05, 0) is 43.7 Å². The zero-order valence-electron chi connectivity index (χ0n) is 9.86. The molecule has 3 heteroatoms. The second-order valence-electron chi connectivity index (χ2n) is 5.37. The summed E-state index contributed by atoms with van der Waals surface area (Å²) >= 11 is 1.93. The number of hydrogen-bond acceptors (Lipinski definition) is 3. The number of hydrogen-bond donors (Lipinski definition) is 1. The predicted molar refractivity (Wildman–Crippen MR) is 68.5 cm³/mol. The number of nitrogens with two attached hydrogens (primary N) is 1. The highest BCUT2D eigenvalue weighted by molar-refractivity contribution is 7.11. The predicted octanol–water partition coefficient (Wildman–Crippen LogP) is 2.23. The molecule has 2 nitrogen and oxygen atoms in total. The van der Waals surface area contributed by atoms with E-state index in [1.807, 2.05) is 11.3 Å². The number of nitrogens with zero attached hydrogens (tertiary/aromatic N) is 1. The molecule has 3 unspecified atom stereocenters. The first-order valence-electron chi connectivity index (χ1n) is 6.25. The first kappa shape index (κ1) is 10.8.